The molecule has 0 atom stereocenters. The molecule has 1 aromatic heterocycles. The molecule has 2 heterocycles. The van der Waals surface area contributed by atoms with Gasteiger partial charge in [-0.05, 0) is 50.0 Å². The number of pyridine rings is 1. The molecule has 1 saturated heterocycles. The number of nitrogens with zero attached hydrogens (tertiary/aromatic N) is 2. The van der Waals surface area contributed by atoms with Crippen molar-refractivity contribution in [2.75, 3.05) is 38.0 Å². The third kappa shape index (κ3) is 5.12. The van der Waals surface area contributed by atoms with E-state index in [0.29, 0.717) is 17.9 Å². The first-order valence-corrected chi connectivity index (χ1v) is 9.59. The van der Waals surface area contributed by atoms with Crippen LogP contribution in [0.15, 0.2) is 47.6 Å². The van der Waals surface area contributed by atoms with Crippen LogP contribution in [0.25, 0.3) is 0 Å². The van der Waals surface area contributed by atoms with Crippen LogP contribution >= 0.6 is 11.9 Å². The molecule has 1 aliphatic heterocycles. The molecule has 0 radical (unpaired) electrons. The number of aromatic nitrogens is 1. The lowest BCUT2D eigenvalue weighted by molar-refractivity contribution is 0.0947. The van der Waals surface area contributed by atoms with Gasteiger partial charge in [-0.15, -0.1) is 0 Å². The number of carbonyl (C=O) groups excluding carboxylic acids is 1. The lowest BCUT2D eigenvalue weighted by Gasteiger charge is -2.15. The maximum Gasteiger partial charge on any atom is 0.252 e. The molecule has 0 unspecified atom stereocenters. The number of hydrogen-bond donors (Lipinski definition) is 2. The summed E-state index contributed by atoms with van der Waals surface area (Å²) in [5.41, 5.74) is 1.49. The van der Waals surface area contributed by atoms with Gasteiger partial charge in [-0.1, -0.05) is 12.1 Å². The fraction of sp³-hybridized carbons (Fsp3) is 0.368. The topological polar surface area (TPSA) is 66.5 Å². The summed E-state index contributed by atoms with van der Waals surface area (Å²) in [6, 6.07) is 9.44. The molecular weight excluding hydrogens is 348 g/mol. The average molecular weight is 372 g/mol. The molecule has 1 aromatic carbocycles. The highest BCUT2D eigenvalue weighted by Crippen LogP contribution is 2.25. The predicted octanol–water partition coefficient (Wildman–Crippen LogP) is 3.04. The fourth-order valence-corrected chi connectivity index (χ4v) is 3.63. The van der Waals surface area contributed by atoms with Gasteiger partial charge in [-0.25, -0.2) is 0 Å². The number of ether oxygens (including phenoxy) is 1. The van der Waals surface area contributed by atoms with E-state index < -0.39 is 0 Å². The van der Waals surface area contributed by atoms with E-state index in [1.54, 1.807) is 19.5 Å². The first-order valence-electron chi connectivity index (χ1n) is 8.78. The van der Waals surface area contributed by atoms with Crippen LogP contribution in [0.4, 0.5) is 5.69 Å². The third-order valence-electron chi connectivity index (χ3n) is 4.27. The maximum atomic E-state index is 12.5. The smallest absolute Gasteiger partial charge is 0.252 e. The van der Waals surface area contributed by atoms with Crippen LogP contribution in [0, 0.1) is 0 Å². The summed E-state index contributed by atoms with van der Waals surface area (Å²) in [5, 5.41) is 3.03. The second kappa shape index (κ2) is 9.45. The number of nitrogens with one attached hydrogen (secondary N) is 2. The number of amides is 1. The van der Waals surface area contributed by atoms with Crippen molar-refractivity contribution in [3.63, 3.8) is 0 Å². The monoisotopic (exact) mass is 372 g/mol. The van der Waals surface area contributed by atoms with E-state index in [0.717, 1.165) is 30.2 Å². The Balaban J connectivity index is 1.57. The number of benzene rings is 1. The molecular formula is C19H24N4O2S. The second-order valence-electron chi connectivity index (χ2n) is 6.12. The minimum Gasteiger partial charge on any atom is -0.495 e. The molecule has 0 bridgehead atoms. The van der Waals surface area contributed by atoms with Gasteiger partial charge in [0.05, 0.1) is 30.8 Å². The largest absolute Gasteiger partial charge is 0.495 e. The maximum absolute atomic E-state index is 12.5. The van der Waals surface area contributed by atoms with Crippen molar-refractivity contribution >= 4 is 23.5 Å². The van der Waals surface area contributed by atoms with E-state index in [4.69, 9.17) is 4.74 Å². The van der Waals surface area contributed by atoms with Crippen molar-refractivity contribution in [2.24, 2.45) is 0 Å². The van der Waals surface area contributed by atoms with Crippen molar-refractivity contribution in [2.45, 2.75) is 17.7 Å². The number of hydrogen-bond acceptors (Lipinski definition) is 6. The lowest BCUT2D eigenvalue weighted by atomic mass is 10.2. The van der Waals surface area contributed by atoms with Crippen LogP contribution in [0.1, 0.15) is 23.2 Å². The normalized spacial score (nSPS) is 14.2. The van der Waals surface area contributed by atoms with Gasteiger partial charge in [0.15, 0.2) is 0 Å². The highest BCUT2D eigenvalue weighted by Gasteiger charge is 2.14. The van der Waals surface area contributed by atoms with Crippen molar-refractivity contribution in [3.05, 3.63) is 48.3 Å². The number of carbonyl (C=O) groups is 1. The minimum atomic E-state index is -0.0436. The Hall–Kier alpha value is -2.25. The molecule has 7 heteroatoms. The molecule has 1 aliphatic rings. The van der Waals surface area contributed by atoms with Crippen molar-refractivity contribution in [1.29, 1.82) is 0 Å². The first kappa shape index (κ1) is 18.5. The SMILES string of the molecule is COc1cncc(NSc2ccccc2C(=O)NCCN2CCCC2)c1. The Morgan fingerprint density at radius 1 is 1.27 bits per heavy atom. The van der Waals surface area contributed by atoms with Crippen LogP contribution in [0.2, 0.25) is 0 Å². The number of anilines is 1. The van der Waals surface area contributed by atoms with Gasteiger partial charge in [0.1, 0.15) is 5.75 Å². The summed E-state index contributed by atoms with van der Waals surface area (Å²) < 4.78 is 8.39. The Morgan fingerprint density at radius 2 is 2.08 bits per heavy atom. The molecule has 26 heavy (non-hydrogen) atoms. The molecule has 0 saturated carbocycles. The van der Waals surface area contributed by atoms with Crippen LogP contribution in [-0.4, -0.2) is 49.1 Å². The Bertz CT molecular complexity index is 735. The summed E-state index contributed by atoms with van der Waals surface area (Å²) in [7, 11) is 1.61. The van der Waals surface area contributed by atoms with Crippen molar-refractivity contribution in [1.82, 2.24) is 15.2 Å². The number of likely N-dealkylation sites (tertiary alicyclic amines) is 1. The second-order valence-corrected chi connectivity index (χ2v) is 6.97. The zero-order valence-corrected chi connectivity index (χ0v) is 15.7. The molecule has 1 amide bonds. The molecule has 3 rings (SSSR count). The molecule has 0 spiro atoms. The van der Waals surface area contributed by atoms with E-state index in [9.17, 15) is 4.79 Å². The van der Waals surface area contributed by atoms with E-state index in [-0.39, 0.29) is 5.91 Å². The van der Waals surface area contributed by atoms with Gasteiger partial charge in [0.2, 0.25) is 0 Å². The summed E-state index contributed by atoms with van der Waals surface area (Å²) in [6.07, 6.45) is 5.89. The summed E-state index contributed by atoms with van der Waals surface area (Å²) in [5.74, 6) is 0.640. The highest BCUT2D eigenvalue weighted by atomic mass is 32.2. The molecule has 2 aromatic rings. The Morgan fingerprint density at radius 3 is 2.88 bits per heavy atom. The molecule has 6 nitrogen and oxygen atoms in total. The summed E-state index contributed by atoms with van der Waals surface area (Å²) >= 11 is 1.39. The van der Waals surface area contributed by atoms with Crippen LogP contribution in [0.3, 0.4) is 0 Å². The van der Waals surface area contributed by atoms with Gasteiger partial charge in [-0.3, -0.25) is 9.78 Å². The third-order valence-corrected chi connectivity index (χ3v) is 5.19. The van der Waals surface area contributed by atoms with Gasteiger partial charge in [0, 0.05) is 24.1 Å². The van der Waals surface area contributed by atoms with Crippen LogP contribution in [-0.2, 0) is 0 Å². The Kier molecular flexibility index (Phi) is 6.74. The van der Waals surface area contributed by atoms with Gasteiger partial charge < -0.3 is 19.7 Å². The Labute approximate surface area is 158 Å². The van der Waals surface area contributed by atoms with Crippen molar-refractivity contribution < 1.29 is 9.53 Å². The van der Waals surface area contributed by atoms with Gasteiger partial charge >= 0.3 is 0 Å². The summed E-state index contributed by atoms with van der Waals surface area (Å²) in [6.45, 7) is 3.86. The molecule has 1 fully saturated rings. The van der Waals surface area contributed by atoms with Crippen LogP contribution in [0.5, 0.6) is 5.75 Å². The van der Waals surface area contributed by atoms with E-state index in [2.05, 4.69) is 19.9 Å². The van der Waals surface area contributed by atoms with Gasteiger partial charge in [-0.2, -0.15) is 0 Å². The first-order chi connectivity index (χ1) is 12.8. The van der Waals surface area contributed by atoms with Gasteiger partial charge in [0.25, 0.3) is 5.91 Å². The summed E-state index contributed by atoms with van der Waals surface area (Å²) in [4.78, 5) is 19.9. The minimum absolute atomic E-state index is 0.0436. The quantitative estimate of drug-likeness (QED) is 0.695. The van der Waals surface area contributed by atoms with E-state index in [1.165, 1.54) is 24.8 Å². The van der Waals surface area contributed by atoms with Crippen LogP contribution < -0.4 is 14.8 Å². The standard InChI is InChI=1S/C19H24N4O2S/c1-25-16-12-15(13-20-14-16)22-26-18-7-3-2-6-17(18)19(24)21-8-11-23-9-4-5-10-23/h2-3,6-7,12-14,22H,4-5,8-11H2,1H3,(H,21,24). The molecule has 2 N–H and O–H groups in total. The predicted molar refractivity (Wildman–Crippen MR) is 105 cm³/mol. The molecule has 138 valence electrons. The molecule has 0 aliphatic carbocycles. The number of rotatable bonds is 8. The van der Waals surface area contributed by atoms with E-state index >= 15 is 0 Å². The zero-order chi connectivity index (χ0) is 18.2. The lowest BCUT2D eigenvalue weighted by Crippen LogP contribution is -2.33. The fourth-order valence-electron chi connectivity index (χ4n) is 2.87. The van der Waals surface area contributed by atoms with E-state index in [1.807, 2.05) is 30.3 Å². The number of methoxy groups -OCH3 is 1. The average Bonchev–Trinajstić information content (AvgIpc) is 3.20. The van der Waals surface area contributed by atoms with Crippen molar-refractivity contribution in [3.8, 4) is 5.75 Å². The highest BCUT2D eigenvalue weighted by molar-refractivity contribution is 8.00. The zero-order valence-electron chi connectivity index (χ0n) is 14.9.